The number of hydrogen-bond donors (Lipinski definition) is 2. The fraction of sp³-hybridized carbons (Fsp3) is 0.385. The Morgan fingerprint density at radius 2 is 2.10 bits per heavy atom. The number of thioether (sulfide) groups is 1. The van der Waals surface area contributed by atoms with Crippen molar-refractivity contribution in [2.45, 2.75) is 35.3 Å². The van der Waals surface area contributed by atoms with Crippen molar-refractivity contribution in [3.63, 3.8) is 0 Å². The number of nitrogens with two attached hydrogens (primary N) is 2. The molecule has 1 aromatic rings. The number of guanidine groups is 1. The van der Waals surface area contributed by atoms with E-state index < -0.39 is 21.0 Å². The number of sulfone groups is 1. The molecule has 0 aromatic heterocycles. The first kappa shape index (κ1) is 15.8. The predicted molar refractivity (Wildman–Crippen MR) is 83.3 cm³/mol. The number of amides is 1. The summed E-state index contributed by atoms with van der Waals surface area (Å²) in [5.41, 5.74) is 11.4. The normalized spacial score (nSPS) is 19.6. The molecule has 0 bridgehead atoms. The van der Waals surface area contributed by atoms with Gasteiger partial charge in [0.05, 0.1) is 10.1 Å². The summed E-state index contributed by atoms with van der Waals surface area (Å²) in [7, 11) is -3.41. The van der Waals surface area contributed by atoms with Crippen LogP contribution in [0.3, 0.4) is 0 Å². The molecule has 0 radical (unpaired) electrons. The smallest absolute Gasteiger partial charge is 0.280 e. The van der Waals surface area contributed by atoms with Gasteiger partial charge in [-0.3, -0.25) is 4.79 Å². The van der Waals surface area contributed by atoms with E-state index in [2.05, 4.69) is 4.99 Å². The Morgan fingerprint density at radius 3 is 2.67 bits per heavy atom. The lowest BCUT2D eigenvalue weighted by Crippen LogP contribution is -2.26. The zero-order valence-corrected chi connectivity index (χ0v) is 13.4. The third kappa shape index (κ3) is 2.91. The van der Waals surface area contributed by atoms with E-state index in [-0.39, 0.29) is 16.4 Å². The van der Waals surface area contributed by atoms with Crippen molar-refractivity contribution >= 4 is 33.5 Å². The molecule has 6 nitrogen and oxygen atoms in total. The lowest BCUT2D eigenvalue weighted by Gasteiger charge is -2.23. The molecule has 0 fully saturated rings. The molecule has 1 unspecified atom stereocenters. The number of benzene rings is 1. The third-order valence-electron chi connectivity index (χ3n) is 3.32. The molecule has 0 saturated carbocycles. The van der Waals surface area contributed by atoms with Gasteiger partial charge in [-0.05, 0) is 31.0 Å². The van der Waals surface area contributed by atoms with Gasteiger partial charge in [0.2, 0.25) is 0 Å². The molecule has 0 spiro atoms. The van der Waals surface area contributed by atoms with E-state index in [1.165, 1.54) is 17.8 Å². The Labute approximate surface area is 127 Å². The van der Waals surface area contributed by atoms with Gasteiger partial charge < -0.3 is 11.5 Å². The largest absolute Gasteiger partial charge is 0.370 e. The standard InChI is InChI=1S/C13H17N3O3S2/c1-3-8-4-10-11(21(18,19)7(2)6-20-10)5-9(8)12(17)16-13(14)15/h4-5,7H,3,6H2,1-2H3,(H4,14,15,16,17). The van der Waals surface area contributed by atoms with Gasteiger partial charge >= 0.3 is 0 Å². The number of rotatable bonds is 2. The maximum absolute atomic E-state index is 12.4. The lowest BCUT2D eigenvalue weighted by molar-refractivity contribution is 0.100. The van der Waals surface area contributed by atoms with E-state index in [4.69, 9.17) is 11.5 Å². The SMILES string of the molecule is CCc1cc2c(cc1C(=O)N=C(N)N)S(=O)(=O)C(C)CS2. The Bertz CT molecular complexity index is 722. The first-order valence-electron chi connectivity index (χ1n) is 6.45. The molecule has 1 atom stereocenters. The molecule has 4 N–H and O–H groups in total. The fourth-order valence-corrected chi connectivity index (χ4v) is 5.46. The predicted octanol–water partition coefficient (Wildman–Crippen LogP) is 0.931. The van der Waals surface area contributed by atoms with Crippen molar-refractivity contribution in [2.24, 2.45) is 16.5 Å². The van der Waals surface area contributed by atoms with Crippen molar-refractivity contribution in [3.8, 4) is 0 Å². The molecule has 0 aliphatic carbocycles. The minimum absolute atomic E-state index is 0.192. The highest BCUT2D eigenvalue weighted by Crippen LogP contribution is 2.38. The summed E-state index contributed by atoms with van der Waals surface area (Å²) in [5, 5.41) is -0.478. The summed E-state index contributed by atoms with van der Waals surface area (Å²) >= 11 is 1.49. The first-order valence-corrected chi connectivity index (χ1v) is 8.98. The molecule has 114 valence electrons. The van der Waals surface area contributed by atoms with Gasteiger partial charge in [0.15, 0.2) is 15.8 Å². The molecule has 2 rings (SSSR count). The summed E-state index contributed by atoms with van der Waals surface area (Å²) in [6.07, 6.45) is 0.588. The molecule has 1 aliphatic rings. The minimum Gasteiger partial charge on any atom is -0.370 e. The Morgan fingerprint density at radius 1 is 1.43 bits per heavy atom. The lowest BCUT2D eigenvalue weighted by atomic mass is 10.0. The molecule has 8 heteroatoms. The summed E-state index contributed by atoms with van der Waals surface area (Å²) in [6.45, 7) is 3.55. The quantitative estimate of drug-likeness (QED) is 0.616. The Balaban J connectivity index is 2.66. The summed E-state index contributed by atoms with van der Waals surface area (Å²) in [4.78, 5) is 16.4. The van der Waals surface area contributed by atoms with Gasteiger partial charge in [0.1, 0.15) is 0 Å². The zero-order chi connectivity index (χ0) is 15.8. The van der Waals surface area contributed by atoms with Gasteiger partial charge in [0, 0.05) is 16.2 Å². The molecule has 1 aliphatic heterocycles. The van der Waals surface area contributed by atoms with E-state index in [9.17, 15) is 13.2 Å². The van der Waals surface area contributed by atoms with Gasteiger partial charge in [-0.15, -0.1) is 11.8 Å². The van der Waals surface area contributed by atoms with Crippen LogP contribution in [0.5, 0.6) is 0 Å². The summed E-state index contributed by atoms with van der Waals surface area (Å²) in [6, 6.07) is 3.15. The second kappa shape index (κ2) is 5.69. The molecule has 21 heavy (non-hydrogen) atoms. The maximum Gasteiger partial charge on any atom is 0.280 e. The van der Waals surface area contributed by atoms with Crippen LogP contribution in [0.4, 0.5) is 0 Å². The van der Waals surface area contributed by atoms with E-state index >= 15 is 0 Å². The molecule has 1 amide bonds. The number of carbonyl (C=O) groups is 1. The summed E-state index contributed by atoms with van der Waals surface area (Å²) in [5.74, 6) is -0.446. The molecular weight excluding hydrogens is 310 g/mol. The first-order chi connectivity index (χ1) is 9.77. The highest BCUT2D eigenvalue weighted by atomic mass is 32.2. The van der Waals surface area contributed by atoms with Crippen LogP contribution in [0.1, 0.15) is 29.8 Å². The van der Waals surface area contributed by atoms with Gasteiger partial charge in [-0.25, -0.2) is 8.42 Å². The van der Waals surface area contributed by atoms with Crippen LogP contribution in [0, 0.1) is 0 Å². The van der Waals surface area contributed by atoms with Crippen molar-refractivity contribution in [1.29, 1.82) is 0 Å². The monoisotopic (exact) mass is 327 g/mol. The minimum atomic E-state index is -3.41. The van der Waals surface area contributed by atoms with Crippen LogP contribution >= 0.6 is 11.8 Å². The molecular formula is C13H17N3O3S2. The van der Waals surface area contributed by atoms with Gasteiger partial charge in [0.25, 0.3) is 5.91 Å². The van der Waals surface area contributed by atoms with Crippen molar-refractivity contribution in [2.75, 3.05) is 5.75 Å². The van der Waals surface area contributed by atoms with E-state index in [1.54, 1.807) is 13.0 Å². The maximum atomic E-state index is 12.4. The van der Waals surface area contributed by atoms with Gasteiger partial charge in [-0.2, -0.15) is 4.99 Å². The molecule has 0 saturated heterocycles. The second-order valence-electron chi connectivity index (χ2n) is 4.82. The Hall–Kier alpha value is -1.54. The number of fused-ring (bicyclic) bond motifs is 1. The van der Waals surface area contributed by atoms with Crippen LogP contribution in [0.25, 0.3) is 0 Å². The molecule has 1 heterocycles. The van der Waals surface area contributed by atoms with Crippen molar-refractivity contribution in [3.05, 3.63) is 23.3 Å². The highest BCUT2D eigenvalue weighted by Gasteiger charge is 2.32. The fourth-order valence-electron chi connectivity index (χ4n) is 2.12. The van der Waals surface area contributed by atoms with Gasteiger partial charge in [-0.1, -0.05) is 6.92 Å². The number of carbonyl (C=O) groups excluding carboxylic acids is 1. The summed E-state index contributed by atoms with van der Waals surface area (Å²) < 4.78 is 24.8. The van der Waals surface area contributed by atoms with Crippen molar-refractivity contribution in [1.82, 2.24) is 0 Å². The van der Waals surface area contributed by atoms with Crippen LogP contribution in [-0.2, 0) is 16.3 Å². The average Bonchev–Trinajstić information content (AvgIpc) is 2.41. The third-order valence-corrected chi connectivity index (χ3v) is 7.15. The van der Waals surface area contributed by atoms with Crippen LogP contribution in [0.15, 0.2) is 26.9 Å². The zero-order valence-electron chi connectivity index (χ0n) is 11.8. The van der Waals surface area contributed by atoms with E-state index in [0.717, 1.165) is 5.56 Å². The Kier molecular flexibility index (Phi) is 4.29. The number of nitrogens with zero attached hydrogens (tertiary/aromatic N) is 1. The van der Waals surface area contributed by atoms with Crippen LogP contribution < -0.4 is 11.5 Å². The van der Waals surface area contributed by atoms with Crippen LogP contribution in [0.2, 0.25) is 0 Å². The number of hydrogen-bond acceptors (Lipinski definition) is 4. The van der Waals surface area contributed by atoms with E-state index in [0.29, 0.717) is 17.1 Å². The number of aryl methyl sites for hydroxylation is 1. The number of aliphatic imine (C=N–C) groups is 1. The second-order valence-corrected chi connectivity index (χ2v) is 8.21. The van der Waals surface area contributed by atoms with E-state index in [1.807, 2.05) is 6.92 Å². The topological polar surface area (TPSA) is 116 Å². The molecule has 1 aromatic carbocycles. The highest BCUT2D eigenvalue weighted by molar-refractivity contribution is 8.03. The van der Waals surface area contributed by atoms with Crippen LogP contribution in [-0.4, -0.2) is 31.3 Å². The average molecular weight is 327 g/mol. The van der Waals surface area contributed by atoms with Crippen molar-refractivity contribution < 1.29 is 13.2 Å².